The molecule has 1 rings (SSSR count). The molecule has 0 aliphatic heterocycles. The lowest BCUT2D eigenvalue weighted by Gasteiger charge is -2.07. The highest BCUT2D eigenvalue weighted by Crippen LogP contribution is 2.43. The third kappa shape index (κ3) is 1.69. The standard InChI is InChI=1S/C6H3I3O3/c7-1-4(10)2(8)6(12)3(9)5(1)11/h10-12H. The van der Waals surface area contributed by atoms with Gasteiger partial charge in [0, 0.05) is 0 Å². The molecule has 0 saturated heterocycles. The fourth-order valence-corrected chi connectivity index (χ4v) is 3.79. The number of phenols is 3. The van der Waals surface area contributed by atoms with Gasteiger partial charge >= 0.3 is 0 Å². The summed E-state index contributed by atoms with van der Waals surface area (Å²) in [5, 5.41) is 28.1. The molecule has 3 N–H and O–H groups in total. The minimum Gasteiger partial charge on any atom is -0.505 e. The second-order valence-electron chi connectivity index (χ2n) is 1.99. The Morgan fingerprint density at radius 3 is 0.917 bits per heavy atom. The van der Waals surface area contributed by atoms with Crippen LogP contribution in [0, 0.1) is 10.7 Å². The lowest BCUT2D eigenvalue weighted by molar-refractivity contribution is 0.413. The molecule has 0 aliphatic rings. The molecule has 6 heteroatoms. The lowest BCUT2D eigenvalue weighted by Crippen LogP contribution is -1.86. The Labute approximate surface area is 110 Å². The molecule has 0 aliphatic carbocycles. The van der Waals surface area contributed by atoms with Crippen LogP contribution in [0.3, 0.4) is 0 Å². The molecule has 0 radical (unpaired) electrons. The first-order chi connectivity index (χ1) is 5.46. The van der Waals surface area contributed by atoms with E-state index in [4.69, 9.17) is 0 Å². The lowest BCUT2D eigenvalue weighted by atomic mass is 10.3. The van der Waals surface area contributed by atoms with Crippen LogP contribution in [-0.2, 0) is 0 Å². The van der Waals surface area contributed by atoms with Crippen molar-refractivity contribution in [3.05, 3.63) is 10.7 Å². The van der Waals surface area contributed by atoms with Gasteiger partial charge in [-0.2, -0.15) is 0 Å². The van der Waals surface area contributed by atoms with Gasteiger partial charge in [-0.1, -0.05) is 0 Å². The Balaban J connectivity index is 3.60. The summed E-state index contributed by atoms with van der Waals surface area (Å²) >= 11 is 5.45. The Hall–Kier alpha value is 0.810. The van der Waals surface area contributed by atoms with Crippen LogP contribution in [0.2, 0.25) is 0 Å². The SMILES string of the molecule is Oc1c(I)c(O)c(I)c(O)c1I. The highest BCUT2D eigenvalue weighted by Gasteiger charge is 2.18. The summed E-state index contributed by atoms with van der Waals surface area (Å²) in [6.45, 7) is 0. The van der Waals surface area contributed by atoms with Crippen molar-refractivity contribution in [3.63, 3.8) is 0 Å². The van der Waals surface area contributed by atoms with Gasteiger partial charge in [0.2, 0.25) is 0 Å². The van der Waals surface area contributed by atoms with Crippen LogP contribution in [0.5, 0.6) is 17.2 Å². The maximum Gasteiger partial charge on any atom is 0.149 e. The van der Waals surface area contributed by atoms with Crippen LogP contribution >= 0.6 is 67.8 Å². The predicted octanol–water partition coefficient (Wildman–Crippen LogP) is 2.62. The van der Waals surface area contributed by atoms with E-state index in [9.17, 15) is 15.3 Å². The monoisotopic (exact) mass is 504 g/mol. The average Bonchev–Trinajstić information content (AvgIpc) is 2.08. The van der Waals surface area contributed by atoms with E-state index in [0.29, 0.717) is 10.7 Å². The number of halogens is 3. The Kier molecular flexibility index (Phi) is 3.54. The zero-order chi connectivity index (χ0) is 9.46. The Morgan fingerprint density at radius 1 is 0.583 bits per heavy atom. The molecule has 0 saturated carbocycles. The molecule has 1 aromatic rings. The quantitative estimate of drug-likeness (QED) is 0.477. The van der Waals surface area contributed by atoms with E-state index in [2.05, 4.69) is 0 Å². The van der Waals surface area contributed by atoms with Crippen LogP contribution < -0.4 is 0 Å². The topological polar surface area (TPSA) is 60.7 Å². The normalized spacial score (nSPS) is 10.2. The molecule has 0 heterocycles. The molecule has 0 fully saturated rings. The van der Waals surface area contributed by atoms with Gasteiger partial charge < -0.3 is 15.3 Å². The van der Waals surface area contributed by atoms with E-state index in [1.807, 2.05) is 67.8 Å². The van der Waals surface area contributed by atoms with Crippen molar-refractivity contribution in [3.8, 4) is 17.2 Å². The fourth-order valence-electron chi connectivity index (χ4n) is 0.626. The molecule has 0 aromatic heterocycles. The molecular formula is C6H3I3O3. The van der Waals surface area contributed by atoms with Crippen LogP contribution in [0.4, 0.5) is 0 Å². The first-order valence-corrected chi connectivity index (χ1v) is 5.97. The van der Waals surface area contributed by atoms with Gasteiger partial charge in [0.1, 0.15) is 17.2 Å². The molecular weight excluding hydrogens is 501 g/mol. The molecule has 66 valence electrons. The summed E-state index contributed by atoms with van der Waals surface area (Å²) < 4.78 is 1.08. The van der Waals surface area contributed by atoms with Gasteiger partial charge in [0.15, 0.2) is 0 Å². The number of hydrogen-bond donors (Lipinski definition) is 3. The summed E-state index contributed by atoms with van der Waals surface area (Å²) in [4.78, 5) is 0. The summed E-state index contributed by atoms with van der Waals surface area (Å²) in [5.41, 5.74) is 0. The van der Waals surface area contributed by atoms with E-state index in [1.165, 1.54) is 0 Å². The van der Waals surface area contributed by atoms with Crippen LogP contribution in [-0.4, -0.2) is 15.3 Å². The van der Waals surface area contributed by atoms with Gasteiger partial charge in [-0.25, -0.2) is 0 Å². The summed E-state index contributed by atoms with van der Waals surface area (Å²) in [6, 6.07) is 0. The minimum absolute atomic E-state index is 0.0772. The van der Waals surface area contributed by atoms with Gasteiger partial charge in [-0.05, 0) is 67.8 Å². The largest absolute Gasteiger partial charge is 0.505 e. The van der Waals surface area contributed by atoms with E-state index in [1.54, 1.807) is 0 Å². The molecule has 0 amide bonds. The van der Waals surface area contributed by atoms with E-state index in [-0.39, 0.29) is 17.2 Å². The van der Waals surface area contributed by atoms with Crippen molar-refractivity contribution < 1.29 is 15.3 Å². The third-order valence-electron chi connectivity index (χ3n) is 1.25. The molecule has 3 nitrogen and oxygen atoms in total. The van der Waals surface area contributed by atoms with Crippen molar-refractivity contribution in [1.82, 2.24) is 0 Å². The first-order valence-electron chi connectivity index (χ1n) is 2.74. The predicted molar refractivity (Wildman–Crippen MR) is 69.6 cm³/mol. The number of benzene rings is 1. The summed E-state index contributed by atoms with van der Waals surface area (Å²) in [7, 11) is 0. The van der Waals surface area contributed by atoms with Gasteiger partial charge in [-0.3, -0.25) is 0 Å². The maximum absolute atomic E-state index is 9.35. The smallest absolute Gasteiger partial charge is 0.149 e. The van der Waals surface area contributed by atoms with Crippen molar-refractivity contribution in [2.45, 2.75) is 0 Å². The molecule has 0 bridgehead atoms. The van der Waals surface area contributed by atoms with Crippen molar-refractivity contribution >= 4 is 67.8 Å². The number of phenolic OH excluding ortho intramolecular Hbond substituents is 3. The van der Waals surface area contributed by atoms with Crippen LogP contribution in [0.1, 0.15) is 0 Å². The van der Waals surface area contributed by atoms with Crippen molar-refractivity contribution in [1.29, 1.82) is 0 Å². The van der Waals surface area contributed by atoms with E-state index >= 15 is 0 Å². The number of hydrogen-bond acceptors (Lipinski definition) is 3. The molecule has 1 aromatic carbocycles. The van der Waals surface area contributed by atoms with Crippen LogP contribution in [0.15, 0.2) is 0 Å². The zero-order valence-corrected chi connectivity index (χ0v) is 11.9. The van der Waals surface area contributed by atoms with Gasteiger partial charge in [-0.15, -0.1) is 0 Å². The maximum atomic E-state index is 9.35. The Bertz CT molecular complexity index is 232. The number of aromatic hydroxyl groups is 3. The van der Waals surface area contributed by atoms with E-state index in [0.717, 1.165) is 0 Å². The number of rotatable bonds is 0. The molecule has 0 atom stereocenters. The minimum atomic E-state index is -0.0772. The summed E-state index contributed by atoms with van der Waals surface area (Å²) in [6.07, 6.45) is 0. The fraction of sp³-hybridized carbons (Fsp3) is 0. The molecule has 0 spiro atoms. The molecule has 0 unspecified atom stereocenters. The second kappa shape index (κ2) is 3.90. The highest BCUT2D eigenvalue weighted by molar-refractivity contribution is 14.1. The van der Waals surface area contributed by atoms with Gasteiger partial charge in [0.05, 0.1) is 10.7 Å². The van der Waals surface area contributed by atoms with Crippen molar-refractivity contribution in [2.24, 2.45) is 0 Å². The summed E-state index contributed by atoms with van der Waals surface area (Å²) in [5.74, 6) is -0.232. The first kappa shape index (κ1) is 10.9. The second-order valence-corrected chi connectivity index (χ2v) is 5.22. The Morgan fingerprint density at radius 2 is 0.750 bits per heavy atom. The van der Waals surface area contributed by atoms with Gasteiger partial charge in [0.25, 0.3) is 0 Å². The van der Waals surface area contributed by atoms with E-state index < -0.39 is 0 Å². The third-order valence-corrected chi connectivity index (χ3v) is 4.31. The highest BCUT2D eigenvalue weighted by atomic mass is 127. The zero-order valence-electron chi connectivity index (χ0n) is 5.48. The average molecular weight is 504 g/mol. The van der Waals surface area contributed by atoms with Crippen molar-refractivity contribution in [2.75, 3.05) is 0 Å². The molecule has 12 heavy (non-hydrogen) atoms. The van der Waals surface area contributed by atoms with Crippen LogP contribution in [0.25, 0.3) is 0 Å².